The molecular weight excluding hydrogens is 482 g/mol. The molecule has 0 bridgehead atoms. The number of carbonyl (C=O) groups excluding carboxylic acids is 1. The molecule has 2 heterocycles. The van der Waals surface area contributed by atoms with Crippen molar-refractivity contribution < 1.29 is 19.2 Å². The third-order valence-corrected chi connectivity index (χ3v) is 6.03. The fourth-order valence-electron chi connectivity index (χ4n) is 4.33. The average molecular weight is 508 g/mol. The minimum atomic E-state index is -1.68. The second kappa shape index (κ2) is 9.55. The number of nitro groups is 1. The Hall–Kier alpha value is -4.85. The van der Waals surface area contributed by atoms with Crippen LogP contribution >= 0.6 is 0 Å². The zero-order chi connectivity index (χ0) is 26.9. The summed E-state index contributed by atoms with van der Waals surface area (Å²) in [5.74, 6) is 0. The first-order valence-corrected chi connectivity index (χ1v) is 12.1. The van der Waals surface area contributed by atoms with E-state index in [4.69, 9.17) is 19.4 Å². The second-order valence-electron chi connectivity index (χ2n) is 9.83. The van der Waals surface area contributed by atoms with Crippen LogP contribution < -0.4 is 0 Å². The van der Waals surface area contributed by atoms with Gasteiger partial charge in [-0.2, -0.15) is 0 Å². The zero-order valence-electron chi connectivity index (χ0n) is 21.1. The molecule has 0 spiro atoms. The van der Waals surface area contributed by atoms with Gasteiger partial charge in [0.1, 0.15) is 5.60 Å². The molecule has 0 saturated carbocycles. The average Bonchev–Trinajstić information content (AvgIpc) is 2.90. The number of rotatable bonds is 5. The summed E-state index contributed by atoms with van der Waals surface area (Å²) in [7, 11) is 0. The Bertz CT molecular complexity index is 1580. The maximum Gasteiger partial charge on any atom is 0.510 e. The van der Waals surface area contributed by atoms with Crippen LogP contribution in [-0.4, -0.2) is 26.6 Å². The Labute approximate surface area is 219 Å². The predicted molar refractivity (Wildman–Crippen MR) is 144 cm³/mol. The van der Waals surface area contributed by atoms with Gasteiger partial charge < -0.3 is 9.47 Å². The topological polar surface area (TPSA) is 104 Å². The van der Waals surface area contributed by atoms with Crippen LogP contribution in [-0.2, 0) is 15.1 Å². The van der Waals surface area contributed by atoms with E-state index in [0.717, 1.165) is 10.8 Å². The standard InChI is InChI=1S/C30H25N3O5/c1-29(2,3)37-28(34)38-30(22-14-16-23(17-15-22)33(35)36,26-18-12-20-8-4-6-10-24(20)31-26)27-19-13-21-9-5-7-11-25(21)32-27/h4-19H,1-3H3. The molecule has 2 aromatic heterocycles. The molecule has 0 atom stereocenters. The molecule has 8 heteroatoms. The molecule has 0 saturated heterocycles. The molecule has 0 fully saturated rings. The number of para-hydroxylation sites is 2. The predicted octanol–water partition coefficient (Wildman–Crippen LogP) is 6.93. The van der Waals surface area contributed by atoms with Gasteiger partial charge in [0.05, 0.1) is 27.3 Å². The van der Waals surface area contributed by atoms with E-state index in [-0.39, 0.29) is 5.69 Å². The number of pyridine rings is 2. The van der Waals surface area contributed by atoms with E-state index in [1.54, 1.807) is 45.0 Å². The van der Waals surface area contributed by atoms with Gasteiger partial charge in [-0.15, -0.1) is 0 Å². The number of fused-ring (bicyclic) bond motifs is 2. The largest absolute Gasteiger partial charge is 0.510 e. The molecular formula is C30H25N3O5. The minimum absolute atomic E-state index is 0.0992. The number of carbonyl (C=O) groups is 1. The Balaban J connectivity index is 1.82. The third-order valence-electron chi connectivity index (χ3n) is 6.03. The highest BCUT2D eigenvalue weighted by molar-refractivity contribution is 5.80. The first-order chi connectivity index (χ1) is 18.2. The van der Waals surface area contributed by atoms with Gasteiger partial charge in [0.2, 0.25) is 5.60 Å². The number of aromatic nitrogens is 2. The van der Waals surface area contributed by atoms with Crippen molar-refractivity contribution in [3.63, 3.8) is 0 Å². The van der Waals surface area contributed by atoms with Crippen LogP contribution in [0.3, 0.4) is 0 Å². The lowest BCUT2D eigenvalue weighted by molar-refractivity contribution is -0.384. The minimum Gasteiger partial charge on any atom is -0.429 e. The number of non-ortho nitro benzene ring substituents is 1. The molecule has 0 aliphatic carbocycles. The van der Waals surface area contributed by atoms with Crippen molar-refractivity contribution in [1.29, 1.82) is 0 Å². The van der Waals surface area contributed by atoms with Crippen LogP contribution in [0.2, 0.25) is 0 Å². The molecule has 0 amide bonds. The Kier molecular flexibility index (Phi) is 6.24. The van der Waals surface area contributed by atoms with Crippen molar-refractivity contribution in [3.05, 3.63) is 124 Å². The summed E-state index contributed by atoms with van der Waals surface area (Å²) in [5.41, 5.74) is -0.0539. The smallest absolute Gasteiger partial charge is 0.429 e. The lowest BCUT2D eigenvalue weighted by atomic mass is 9.85. The quantitative estimate of drug-likeness (QED) is 0.144. The van der Waals surface area contributed by atoms with Crippen molar-refractivity contribution in [2.45, 2.75) is 32.0 Å². The molecule has 5 rings (SSSR count). The number of hydrogen-bond donors (Lipinski definition) is 0. The first kappa shape index (κ1) is 24.8. The summed E-state index contributed by atoms with van der Waals surface area (Å²) in [6.07, 6.45) is -0.930. The molecule has 3 aromatic carbocycles. The maximum atomic E-state index is 13.3. The first-order valence-electron chi connectivity index (χ1n) is 12.1. The summed E-state index contributed by atoms with van der Waals surface area (Å²) < 4.78 is 11.8. The lowest BCUT2D eigenvalue weighted by Crippen LogP contribution is -2.39. The molecule has 5 aromatic rings. The Morgan fingerprint density at radius 1 is 0.711 bits per heavy atom. The fourth-order valence-corrected chi connectivity index (χ4v) is 4.33. The van der Waals surface area contributed by atoms with E-state index in [1.165, 1.54) is 12.1 Å². The summed E-state index contributed by atoms with van der Waals surface area (Å²) in [6.45, 7) is 5.22. The molecule has 0 N–H and O–H groups in total. The number of ether oxygens (including phenoxy) is 2. The number of hydrogen-bond acceptors (Lipinski definition) is 7. The second-order valence-corrected chi connectivity index (χ2v) is 9.83. The molecule has 8 nitrogen and oxygen atoms in total. The van der Waals surface area contributed by atoms with Crippen molar-refractivity contribution in [2.75, 3.05) is 0 Å². The summed E-state index contributed by atoms with van der Waals surface area (Å²) in [6, 6.07) is 28.3. The highest BCUT2D eigenvalue weighted by Gasteiger charge is 2.45. The van der Waals surface area contributed by atoms with Crippen LogP contribution in [0.25, 0.3) is 21.8 Å². The van der Waals surface area contributed by atoms with Gasteiger partial charge in [-0.25, -0.2) is 14.8 Å². The van der Waals surface area contributed by atoms with Gasteiger partial charge in [-0.3, -0.25) is 10.1 Å². The highest BCUT2D eigenvalue weighted by atomic mass is 16.7. The molecule has 0 aliphatic rings. The van der Waals surface area contributed by atoms with Crippen LogP contribution in [0.15, 0.2) is 97.1 Å². The van der Waals surface area contributed by atoms with E-state index < -0.39 is 22.3 Å². The lowest BCUT2D eigenvalue weighted by Gasteiger charge is -2.34. The SMILES string of the molecule is CC(C)(C)OC(=O)OC(c1ccc([N+](=O)[O-])cc1)(c1ccc2ccccc2n1)c1ccc2ccccc2n1. The van der Waals surface area contributed by atoms with E-state index in [1.807, 2.05) is 60.7 Å². The third kappa shape index (κ3) is 4.76. The number of nitrogens with zero attached hydrogens (tertiary/aromatic N) is 3. The number of benzene rings is 3. The van der Waals surface area contributed by atoms with Crippen molar-refractivity contribution >= 4 is 33.6 Å². The normalized spacial score (nSPS) is 11.9. The van der Waals surface area contributed by atoms with E-state index in [2.05, 4.69) is 0 Å². The van der Waals surface area contributed by atoms with Crippen LogP contribution in [0, 0.1) is 10.1 Å². The monoisotopic (exact) mass is 507 g/mol. The Morgan fingerprint density at radius 3 is 1.68 bits per heavy atom. The van der Waals surface area contributed by atoms with Gasteiger partial charge in [0, 0.05) is 28.5 Å². The van der Waals surface area contributed by atoms with Crippen LogP contribution in [0.1, 0.15) is 37.7 Å². The molecule has 0 aliphatic heterocycles. The molecule has 0 unspecified atom stereocenters. The van der Waals surface area contributed by atoms with Gasteiger partial charge in [0.15, 0.2) is 0 Å². The summed E-state index contributed by atoms with van der Waals surface area (Å²) >= 11 is 0. The zero-order valence-corrected chi connectivity index (χ0v) is 21.1. The highest BCUT2D eigenvalue weighted by Crippen LogP contribution is 2.41. The number of nitro benzene ring substituents is 1. The van der Waals surface area contributed by atoms with E-state index in [9.17, 15) is 14.9 Å². The maximum absolute atomic E-state index is 13.3. The van der Waals surface area contributed by atoms with E-state index >= 15 is 0 Å². The fraction of sp³-hybridized carbons (Fsp3) is 0.167. The Morgan fingerprint density at radius 2 is 1.21 bits per heavy atom. The van der Waals surface area contributed by atoms with Gasteiger partial charge >= 0.3 is 6.16 Å². The van der Waals surface area contributed by atoms with Gasteiger partial charge in [-0.05, 0) is 57.2 Å². The van der Waals surface area contributed by atoms with E-state index in [0.29, 0.717) is 28.0 Å². The van der Waals surface area contributed by atoms with Crippen LogP contribution in [0.4, 0.5) is 10.5 Å². The van der Waals surface area contributed by atoms with Gasteiger partial charge in [0.25, 0.3) is 5.69 Å². The molecule has 0 radical (unpaired) electrons. The van der Waals surface area contributed by atoms with Gasteiger partial charge in [-0.1, -0.05) is 48.5 Å². The molecule has 38 heavy (non-hydrogen) atoms. The molecule has 190 valence electrons. The van der Waals surface area contributed by atoms with Crippen molar-refractivity contribution in [1.82, 2.24) is 9.97 Å². The van der Waals surface area contributed by atoms with Crippen molar-refractivity contribution in [2.24, 2.45) is 0 Å². The van der Waals surface area contributed by atoms with Crippen LogP contribution in [0.5, 0.6) is 0 Å². The summed E-state index contributed by atoms with van der Waals surface area (Å²) in [4.78, 5) is 34.0. The van der Waals surface area contributed by atoms with Crippen molar-refractivity contribution in [3.8, 4) is 0 Å². The summed E-state index contributed by atoms with van der Waals surface area (Å²) in [5, 5.41) is 13.2.